The Hall–Kier alpha value is -5.34. The maximum absolute atomic E-state index is 13.1. The molecule has 48 heavy (non-hydrogen) atoms. The lowest BCUT2D eigenvalue weighted by Gasteiger charge is -2.34. The van der Waals surface area contributed by atoms with Gasteiger partial charge in [-0.25, -0.2) is 5.84 Å². The molecule has 0 saturated heterocycles. The van der Waals surface area contributed by atoms with Crippen LogP contribution >= 0.6 is 0 Å². The number of aryl methyl sites for hydroxylation is 1. The van der Waals surface area contributed by atoms with Gasteiger partial charge in [-0.1, -0.05) is 6.07 Å². The highest BCUT2D eigenvalue weighted by Crippen LogP contribution is 2.43. The quantitative estimate of drug-likeness (QED) is 0.154. The lowest BCUT2D eigenvalue weighted by atomic mass is 9.79. The molecule has 0 spiro atoms. The van der Waals surface area contributed by atoms with Crippen LogP contribution in [0.5, 0.6) is 40.2 Å². The van der Waals surface area contributed by atoms with Gasteiger partial charge in [0.2, 0.25) is 12.5 Å². The van der Waals surface area contributed by atoms with Crippen LogP contribution in [0, 0.1) is 5.92 Å². The first kappa shape index (κ1) is 37.1. The number of ether oxygens (including phenoxy) is 8. The maximum Gasteiger partial charge on any atom is 0.269 e. The summed E-state index contributed by atoms with van der Waals surface area (Å²) in [4.78, 5) is 21.1. The summed E-state index contributed by atoms with van der Waals surface area (Å²) in [7, 11) is 9.51. The zero-order valence-electron chi connectivity index (χ0n) is 28.1. The molecule has 5 N–H and O–H groups in total. The monoisotopic (exact) mass is 668 g/mol. The third-order valence-corrected chi connectivity index (χ3v) is 7.69. The van der Waals surface area contributed by atoms with Crippen molar-refractivity contribution >= 4 is 18.4 Å². The van der Waals surface area contributed by atoms with Gasteiger partial charge in [-0.15, -0.1) is 0 Å². The molecule has 0 radical (unpaired) electrons. The average Bonchev–Trinajstić information content (AvgIpc) is 3.59. The second kappa shape index (κ2) is 18.1. The number of hydrazine groups is 1. The number of nitrogens with two attached hydrogens (primary N) is 2. The van der Waals surface area contributed by atoms with Crippen molar-refractivity contribution in [2.75, 3.05) is 61.1 Å². The van der Waals surface area contributed by atoms with Crippen LogP contribution in [0.3, 0.4) is 0 Å². The molecular formula is C34H44N4O10. The van der Waals surface area contributed by atoms with E-state index in [0.29, 0.717) is 46.8 Å². The van der Waals surface area contributed by atoms with E-state index in [-0.39, 0.29) is 24.4 Å². The Balaban J connectivity index is 0.000000375. The third kappa shape index (κ3) is 8.72. The van der Waals surface area contributed by atoms with Gasteiger partial charge in [0.05, 0.1) is 53.9 Å². The van der Waals surface area contributed by atoms with Crippen molar-refractivity contribution in [2.45, 2.75) is 18.9 Å². The van der Waals surface area contributed by atoms with E-state index >= 15 is 0 Å². The minimum atomic E-state index is -0.437. The number of carbonyl (C=O) groups is 2. The molecule has 1 aliphatic carbocycles. The number of amides is 1. The highest BCUT2D eigenvalue weighted by atomic mass is 16.7. The molecule has 2 aliphatic rings. The van der Waals surface area contributed by atoms with E-state index in [9.17, 15) is 4.79 Å². The number of hydrogen-bond donors (Lipinski definition) is 3. The second-order valence-corrected chi connectivity index (χ2v) is 10.3. The molecule has 14 nitrogen and oxygen atoms in total. The Kier molecular flexibility index (Phi) is 14.0. The van der Waals surface area contributed by atoms with Gasteiger partial charge in [0.15, 0.2) is 34.5 Å². The summed E-state index contributed by atoms with van der Waals surface area (Å²) in [5.41, 5.74) is 8.74. The summed E-state index contributed by atoms with van der Waals surface area (Å²) >= 11 is 0. The van der Waals surface area contributed by atoms with E-state index in [1.54, 1.807) is 53.7 Å². The number of methoxy groups -OCH3 is 6. The van der Waals surface area contributed by atoms with Gasteiger partial charge in [-0.05, 0) is 60.4 Å². The number of rotatable bonds is 11. The van der Waals surface area contributed by atoms with Crippen molar-refractivity contribution in [3.63, 3.8) is 0 Å². The summed E-state index contributed by atoms with van der Waals surface area (Å²) < 4.78 is 42.3. The van der Waals surface area contributed by atoms with Crippen LogP contribution in [0.25, 0.3) is 0 Å². The smallest absolute Gasteiger partial charge is 0.269 e. The molecule has 3 aromatic carbocycles. The van der Waals surface area contributed by atoms with Crippen molar-refractivity contribution in [3.8, 4) is 40.2 Å². The lowest BCUT2D eigenvalue weighted by Crippen LogP contribution is -2.40. The molecule has 0 saturated carbocycles. The first-order chi connectivity index (χ1) is 23.3. The number of carbonyl (C=O) groups excluding carboxylic acids is 2. The maximum atomic E-state index is 13.1. The van der Waals surface area contributed by atoms with Gasteiger partial charge in [0.25, 0.3) is 5.91 Å². The summed E-state index contributed by atoms with van der Waals surface area (Å²) in [6, 6.07) is 14.2. The number of para-hydroxylation sites is 1. The fraction of sp³-hybridized carbons (Fsp3) is 0.353. The third-order valence-electron chi connectivity index (χ3n) is 7.69. The van der Waals surface area contributed by atoms with E-state index in [1.807, 2.05) is 37.1 Å². The van der Waals surface area contributed by atoms with Gasteiger partial charge in [0, 0.05) is 25.3 Å². The predicted octanol–water partition coefficient (Wildman–Crippen LogP) is 3.51. The number of fused-ring (bicyclic) bond motifs is 2. The minimum Gasteiger partial charge on any atom is -0.493 e. The Bertz CT molecular complexity index is 1530. The number of hydrogen-bond acceptors (Lipinski definition) is 13. The first-order valence-electron chi connectivity index (χ1n) is 14.8. The molecule has 3 aromatic rings. The van der Waals surface area contributed by atoms with Crippen LogP contribution in [0.1, 0.15) is 23.6 Å². The molecule has 1 heterocycles. The number of nitrogens with one attached hydrogen (secondary N) is 1. The van der Waals surface area contributed by atoms with Gasteiger partial charge in [-0.2, -0.15) is 0 Å². The SMILES string of the molecule is C=O.COCC1CCc2cc3c(cc2C1NC(=O)/C(N)=C/N(N)c1ccc(OC)c(OC)c1)OCO3.COc1cccc(OC)c1OC. The van der Waals surface area contributed by atoms with Crippen LogP contribution in [0.4, 0.5) is 5.69 Å². The molecule has 5 rings (SSSR count). The number of benzene rings is 3. The summed E-state index contributed by atoms with van der Waals surface area (Å²) in [5, 5.41) is 4.32. The zero-order valence-corrected chi connectivity index (χ0v) is 28.1. The molecule has 1 aliphatic heterocycles. The number of anilines is 1. The van der Waals surface area contributed by atoms with Crippen molar-refractivity contribution in [3.05, 3.63) is 71.6 Å². The standard InChI is InChI=1S/C24H30N4O6.C9H12O3.CH2O/c1-30-12-15-5-4-14-8-21-22(34-13-33-21)10-17(14)23(15)27-24(29)18(25)11-28(26)16-6-7-19(31-2)20(9-16)32-3;1-10-7-5-4-6-8(11-2)9(7)12-3;1-2/h6-11,15,23H,4-5,12-13,25-26H2,1-3H3,(H,27,29);4-6H,1-3H3;1H2/b18-11-;;. The van der Waals surface area contributed by atoms with E-state index < -0.39 is 5.91 Å². The highest BCUT2D eigenvalue weighted by molar-refractivity contribution is 5.93. The van der Waals surface area contributed by atoms with Gasteiger partial charge in [0.1, 0.15) is 12.5 Å². The Morgan fingerprint density at radius 1 is 0.896 bits per heavy atom. The second-order valence-electron chi connectivity index (χ2n) is 10.3. The van der Waals surface area contributed by atoms with Crippen LogP contribution in [0.15, 0.2) is 60.4 Å². The normalized spacial score (nSPS) is 15.7. The predicted molar refractivity (Wildman–Crippen MR) is 179 cm³/mol. The zero-order chi connectivity index (χ0) is 35.2. The van der Waals surface area contributed by atoms with E-state index in [1.165, 1.54) is 18.3 Å². The van der Waals surface area contributed by atoms with Crippen LogP contribution in [-0.4, -0.2) is 68.8 Å². The summed E-state index contributed by atoms with van der Waals surface area (Å²) in [6.45, 7) is 2.69. The topological polar surface area (TPSA) is 175 Å². The fourth-order valence-electron chi connectivity index (χ4n) is 5.37. The van der Waals surface area contributed by atoms with Crippen LogP contribution < -0.4 is 55.1 Å². The Morgan fingerprint density at radius 2 is 1.52 bits per heavy atom. The van der Waals surface area contributed by atoms with Crippen molar-refractivity contribution in [2.24, 2.45) is 17.5 Å². The Morgan fingerprint density at radius 3 is 2.10 bits per heavy atom. The summed E-state index contributed by atoms with van der Waals surface area (Å²) in [6.07, 6.45) is 3.07. The van der Waals surface area contributed by atoms with E-state index in [4.69, 9.17) is 54.3 Å². The van der Waals surface area contributed by atoms with Crippen molar-refractivity contribution < 1.29 is 47.5 Å². The van der Waals surface area contributed by atoms with Gasteiger partial charge in [-0.3, -0.25) is 9.80 Å². The molecule has 2 atom stereocenters. The van der Waals surface area contributed by atoms with Crippen LogP contribution in [-0.2, 0) is 20.7 Å². The molecule has 14 heteroatoms. The summed E-state index contributed by atoms with van der Waals surface area (Å²) in [5.74, 6) is 10.2. The molecular weight excluding hydrogens is 624 g/mol. The molecule has 2 unspecified atom stereocenters. The van der Waals surface area contributed by atoms with E-state index in [2.05, 4.69) is 5.32 Å². The van der Waals surface area contributed by atoms with Crippen molar-refractivity contribution in [1.82, 2.24) is 5.32 Å². The van der Waals surface area contributed by atoms with E-state index in [0.717, 1.165) is 29.7 Å². The lowest BCUT2D eigenvalue weighted by molar-refractivity contribution is -0.119. The first-order valence-corrected chi connectivity index (χ1v) is 14.8. The fourth-order valence-corrected chi connectivity index (χ4v) is 5.37. The molecule has 1 amide bonds. The Labute approximate surface area is 280 Å². The number of nitrogens with zero attached hydrogens (tertiary/aromatic N) is 1. The average molecular weight is 669 g/mol. The largest absolute Gasteiger partial charge is 0.493 e. The molecule has 0 fully saturated rings. The van der Waals surface area contributed by atoms with Crippen LogP contribution in [0.2, 0.25) is 0 Å². The van der Waals surface area contributed by atoms with Gasteiger partial charge >= 0.3 is 0 Å². The highest BCUT2D eigenvalue weighted by Gasteiger charge is 2.33. The molecule has 0 bridgehead atoms. The minimum absolute atomic E-state index is 0.0404. The van der Waals surface area contributed by atoms with Crippen molar-refractivity contribution in [1.29, 1.82) is 0 Å². The molecule has 260 valence electrons. The molecule has 0 aromatic heterocycles. The van der Waals surface area contributed by atoms with Gasteiger partial charge < -0.3 is 53.7 Å².